The van der Waals surface area contributed by atoms with Crippen LogP contribution in [0.5, 0.6) is 0 Å². The molecule has 200 valence electrons. The van der Waals surface area contributed by atoms with Crippen LogP contribution in [0.1, 0.15) is 16.8 Å². The SMILES string of the molecule is Cc1c(C=Nn2c(-c3cc4cc(Br)ccc4o3)nc3ccccc3c2=O)c2ccccc2n1Cc1cccc(F)c1. The predicted octanol–water partition coefficient (Wildman–Crippen LogP) is 7.90. The first-order chi connectivity index (χ1) is 20.0. The van der Waals surface area contributed by atoms with Gasteiger partial charge in [-0.2, -0.15) is 9.78 Å². The third-order valence-corrected chi connectivity index (χ3v) is 7.76. The molecule has 0 radical (unpaired) electrons. The Hall–Kier alpha value is -4.82. The van der Waals surface area contributed by atoms with E-state index < -0.39 is 0 Å². The Labute approximate surface area is 242 Å². The summed E-state index contributed by atoms with van der Waals surface area (Å²) < 4.78 is 24.4. The zero-order valence-corrected chi connectivity index (χ0v) is 23.5. The summed E-state index contributed by atoms with van der Waals surface area (Å²) in [4.78, 5) is 18.6. The average molecular weight is 605 g/mol. The molecule has 7 aromatic rings. The minimum Gasteiger partial charge on any atom is -0.453 e. The minimum absolute atomic E-state index is 0.271. The van der Waals surface area contributed by atoms with Crippen molar-refractivity contribution in [3.8, 4) is 11.6 Å². The Morgan fingerprint density at radius 2 is 1.76 bits per heavy atom. The van der Waals surface area contributed by atoms with Gasteiger partial charge in [0.05, 0.1) is 17.1 Å². The van der Waals surface area contributed by atoms with E-state index in [1.165, 1.54) is 10.7 Å². The molecule has 4 aromatic carbocycles. The third-order valence-electron chi connectivity index (χ3n) is 7.26. The second-order valence-corrected chi connectivity index (χ2v) is 10.8. The van der Waals surface area contributed by atoms with Crippen molar-refractivity contribution in [2.45, 2.75) is 13.5 Å². The molecule has 8 heteroatoms. The summed E-state index contributed by atoms with van der Waals surface area (Å²) in [5, 5.41) is 7.02. The van der Waals surface area contributed by atoms with Crippen LogP contribution < -0.4 is 5.56 Å². The van der Waals surface area contributed by atoms with Gasteiger partial charge in [-0.15, -0.1) is 0 Å². The van der Waals surface area contributed by atoms with Gasteiger partial charge < -0.3 is 8.98 Å². The lowest BCUT2D eigenvalue weighted by atomic mass is 10.1. The van der Waals surface area contributed by atoms with Crippen LogP contribution in [-0.2, 0) is 6.54 Å². The van der Waals surface area contributed by atoms with Gasteiger partial charge in [-0.05, 0) is 67.1 Å². The van der Waals surface area contributed by atoms with E-state index in [1.54, 1.807) is 30.5 Å². The Morgan fingerprint density at radius 1 is 0.951 bits per heavy atom. The van der Waals surface area contributed by atoms with Crippen LogP contribution in [-0.4, -0.2) is 20.4 Å². The maximum Gasteiger partial charge on any atom is 0.282 e. The van der Waals surface area contributed by atoms with E-state index in [-0.39, 0.29) is 11.4 Å². The number of hydrogen-bond donors (Lipinski definition) is 0. The molecule has 3 aromatic heterocycles. The molecule has 0 bridgehead atoms. The van der Waals surface area contributed by atoms with E-state index in [9.17, 15) is 9.18 Å². The molecule has 7 rings (SSSR count). The second kappa shape index (κ2) is 9.98. The van der Waals surface area contributed by atoms with E-state index in [0.717, 1.165) is 37.6 Å². The highest BCUT2D eigenvalue weighted by molar-refractivity contribution is 9.10. The first-order valence-corrected chi connectivity index (χ1v) is 13.8. The fourth-order valence-electron chi connectivity index (χ4n) is 5.27. The molecule has 0 aliphatic carbocycles. The fourth-order valence-corrected chi connectivity index (χ4v) is 5.65. The summed E-state index contributed by atoms with van der Waals surface area (Å²) in [6.45, 7) is 2.50. The molecule has 0 aliphatic heterocycles. The molecule has 0 N–H and O–H groups in total. The van der Waals surface area contributed by atoms with Crippen molar-refractivity contribution in [1.82, 2.24) is 14.2 Å². The van der Waals surface area contributed by atoms with Crippen LogP contribution >= 0.6 is 15.9 Å². The lowest BCUT2D eigenvalue weighted by Gasteiger charge is -2.09. The largest absolute Gasteiger partial charge is 0.453 e. The molecule has 3 heterocycles. The van der Waals surface area contributed by atoms with Crippen LogP contribution in [0.2, 0.25) is 0 Å². The van der Waals surface area contributed by atoms with Crippen LogP contribution in [0.3, 0.4) is 0 Å². The molecule has 6 nitrogen and oxygen atoms in total. The second-order valence-electron chi connectivity index (χ2n) is 9.84. The molecule has 0 atom stereocenters. The van der Waals surface area contributed by atoms with Crippen molar-refractivity contribution >= 4 is 54.9 Å². The van der Waals surface area contributed by atoms with E-state index in [4.69, 9.17) is 14.5 Å². The van der Waals surface area contributed by atoms with Gasteiger partial charge in [0.15, 0.2) is 5.76 Å². The highest BCUT2D eigenvalue weighted by atomic mass is 79.9. The van der Waals surface area contributed by atoms with Crippen LogP contribution in [0, 0.1) is 12.7 Å². The van der Waals surface area contributed by atoms with Gasteiger partial charge >= 0.3 is 0 Å². The third kappa shape index (κ3) is 4.46. The Kier molecular flexibility index (Phi) is 6.12. The van der Waals surface area contributed by atoms with E-state index in [1.807, 2.05) is 73.7 Å². The van der Waals surface area contributed by atoms with Crippen LogP contribution in [0.25, 0.3) is 44.4 Å². The fraction of sp³-hybridized carbons (Fsp3) is 0.0606. The monoisotopic (exact) mass is 604 g/mol. The first kappa shape index (κ1) is 25.2. The highest BCUT2D eigenvalue weighted by Gasteiger charge is 2.18. The number of aromatic nitrogens is 3. The molecule has 0 fully saturated rings. The molecule has 0 saturated carbocycles. The van der Waals surface area contributed by atoms with Gasteiger partial charge in [0.1, 0.15) is 11.4 Å². The number of halogens is 2. The van der Waals surface area contributed by atoms with Crippen LogP contribution in [0.4, 0.5) is 4.39 Å². The lowest BCUT2D eigenvalue weighted by Crippen LogP contribution is -2.20. The summed E-state index contributed by atoms with van der Waals surface area (Å²) in [5.74, 6) is 0.467. The molecular formula is C33H22BrFN4O2. The van der Waals surface area contributed by atoms with Gasteiger partial charge in [0.2, 0.25) is 5.82 Å². The number of nitrogens with zero attached hydrogens (tertiary/aromatic N) is 4. The van der Waals surface area contributed by atoms with Gasteiger partial charge in [-0.25, -0.2) is 9.37 Å². The number of furan rings is 1. The lowest BCUT2D eigenvalue weighted by molar-refractivity contribution is 0.616. The van der Waals surface area contributed by atoms with E-state index in [2.05, 4.69) is 20.5 Å². The summed E-state index contributed by atoms with van der Waals surface area (Å²) in [6.07, 6.45) is 1.69. The highest BCUT2D eigenvalue weighted by Crippen LogP contribution is 2.30. The molecule has 0 saturated heterocycles. The van der Waals surface area contributed by atoms with Crippen molar-refractivity contribution in [2.24, 2.45) is 5.10 Å². The maximum atomic E-state index is 13.9. The van der Waals surface area contributed by atoms with Crippen molar-refractivity contribution in [3.05, 3.63) is 135 Å². The Balaban J connectivity index is 1.40. The van der Waals surface area contributed by atoms with Crippen molar-refractivity contribution in [3.63, 3.8) is 0 Å². The quantitative estimate of drug-likeness (QED) is 0.187. The van der Waals surface area contributed by atoms with Crippen molar-refractivity contribution in [1.29, 1.82) is 0 Å². The number of rotatable bonds is 5. The Bertz CT molecular complexity index is 2210. The van der Waals surface area contributed by atoms with Gasteiger partial charge in [0, 0.05) is 38.6 Å². The van der Waals surface area contributed by atoms with Crippen LogP contribution in [0.15, 0.2) is 116 Å². The topological polar surface area (TPSA) is 65.3 Å². The van der Waals surface area contributed by atoms with Crippen molar-refractivity contribution < 1.29 is 8.81 Å². The van der Waals surface area contributed by atoms with E-state index in [0.29, 0.717) is 34.6 Å². The molecule has 0 unspecified atom stereocenters. The summed E-state index contributed by atoms with van der Waals surface area (Å²) >= 11 is 3.50. The molecule has 41 heavy (non-hydrogen) atoms. The zero-order valence-electron chi connectivity index (χ0n) is 21.9. The number of fused-ring (bicyclic) bond motifs is 3. The maximum absolute atomic E-state index is 13.9. The number of benzene rings is 4. The van der Waals surface area contributed by atoms with Crippen molar-refractivity contribution in [2.75, 3.05) is 0 Å². The smallest absolute Gasteiger partial charge is 0.282 e. The summed E-state index contributed by atoms with van der Waals surface area (Å²) in [6, 6.07) is 29.4. The standard InChI is InChI=1S/C33H22BrFN4O2/c1-20-27(25-9-3-5-12-29(25)38(20)19-21-7-6-8-24(35)15-21)18-36-39-32(37-28-11-4-2-10-26(28)33(39)40)31-17-22-16-23(34)13-14-30(22)41-31/h2-18H,19H2,1H3. The molecule has 0 spiro atoms. The summed E-state index contributed by atoms with van der Waals surface area (Å²) in [7, 11) is 0. The van der Waals surface area contributed by atoms with Gasteiger partial charge in [-0.1, -0.05) is 58.4 Å². The normalized spacial score (nSPS) is 11.9. The minimum atomic E-state index is -0.301. The first-order valence-electron chi connectivity index (χ1n) is 13.0. The Morgan fingerprint density at radius 3 is 2.61 bits per heavy atom. The molecule has 0 amide bonds. The number of hydrogen-bond acceptors (Lipinski definition) is 4. The number of para-hydroxylation sites is 2. The molecular weight excluding hydrogens is 583 g/mol. The predicted molar refractivity (Wildman–Crippen MR) is 164 cm³/mol. The zero-order chi connectivity index (χ0) is 28.1. The van der Waals surface area contributed by atoms with Gasteiger partial charge in [0.25, 0.3) is 5.56 Å². The average Bonchev–Trinajstić information content (AvgIpc) is 3.51. The summed E-state index contributed by atoms with van der Waals surface area (Å²) in [5.41, 5.74) is 4.58. The van der Waals surface area contributed by atoms with E-state index >= 15 is 0 Å². The molecule has 0 aliphatic rings. The van der Waals surface area contributed by atoms with Gasteiger partial charge in [-0.3, -0.25) is 4.79 Å².